The molecule has 0 N–H and O–H groups in total. The molecule has 2 aromatic rings. The second-order valence-electron chi connectivity index (χ2n) is 3.94. The first-order chi connectivity index (χ1) is 9.04. The third kappa shape index (κ3) is 2.63. The van der Waals surface area contributed by atoms with E-state index in [1.54, 1.807) is 4.92 Å². The summed E-state index contributed by atoms with van der Waals surface area (Å²) in [6, 6.07) is 15.1. The molecule has 6 heteroatoms. The van der Waals surface area contributed by atoms with Crippen molar-refractivity contribution in [3.63, 3.8) is 0 Å². The Morgan fingerprint density at radius 2 is 1.47 bits per heavy atom. The molecule has 0 aliphatic carbocycles. The van der Waals surface area contributed by atoms with E-state index in [0.717, 1.165) is 21.2 Å². The second-order valence-corrected chi connectivity index (χ2v) is 8.28. The molecule has 1 aliphatic rings. The van der Waals surface area contributed by atoms with Gasteiger partial charge in [-0.15, -0.1) is 0 Å². The average molecular weight is 344 g/mol. The van der Waals surface area contributed by atoms with Crippen molar-refractivity contribution in [1.82, 2.24) is 0 Å². The van der Waals surface area contributed by atoms with E-state index in [2.05, 4.69) is 0 Å². The summed E-state index contributed by atoms with van der Waals surface area (Å²) in [6.45, 7) is 0. The van der Waals surface area contributed by atoms with E-state index < -0.39 is 24.0 Å². The topological polar surface area (TPSA) is 78.4 Å². The van der Waals surface area contributed by atoms with Gasteiger partial charge in [-0.05, 0) is 0 Å². The Kier molecular flexibility index (Phi) is 3.28. The fourth-order valence-corrected chi connectivity index (χ4v) is 6.45. The van der Waals surface area contributed by atoms with Gasteiger partial charge in [0, 0.05) is 0 Å². The van der Waals surface area contributed by atoms with Gasteiger partial charge in [-0.25, -0.2) is 0 Å². The van der Waals surface area contributed by atoms with Crippen LogP contribution >= 0.6 is 0 Å². The molecule has 0 bridgehead atoms. The number of halogens is 1. The molecule has 0 fully saturated rings. The predicted molar refractivity (Wildman–Crippen MR) is 63.5 cm³/mol. The molecular formula is C13H9ClO4Se. The van der Waals surface area contributed by atoms with Crippen LogP contribution in [0, 0.1) is 10.2 Å². The van der Waals surface area contributed by atoms with Crippen LogP contribution < -0.4 is 18.4 Å². The Hall–Kier alpha value is -1.04. The van der Waals surface area contributed by atoms with Crippen molar-refractivity contribution in [2.24, 2.45) is 0 Å². The minimum absolute atomic E-state index is 0.799. The third-order valence-electron chi connectivity index (χ3n) is 2.73. The van der Waals surface area contributed by atoms with Crippen LogP contribution in [-0.2, 0) is 3.37 Å². The molecule has 1 atom stereocenters. The van der Waals surface area contributed by atoms with Crippen molar-refractivity contribution in [3.05, 3.63) is 54.1 Å². The average Bonchev–Trinajstić information content (AvgIpc) is 2.37. The quantitative estimate of drug-likeness (QED) is 0.604. The van der Waals surface area contributed by atoms with Crippen LogP contribution in [-0.4, -0.2) is 18.7 Å². The molecule has 1 aliphatic heterocycles. The molecule has 1 heterocycles. The van der Waals surface area contributed by atoms with E-state index in [1.165, 1.54) is 0 Å². The normalized spacial score (nSPS) is 17.3. The molecule has 4 nitrogen and oxygen atoms in total. The maximum atomic E-state index is 10.8. The molecule has 1 unspecified atom stereocenters. The van der Waals surface area contributed by atoms with Crippen LogP contribution in [0.25, 0.3) is 11.1 Å². The fraction of sp³-hybridized carbons (Fsp3) is 0. The van der Waals surface area contributed by atoms with E-state index >= 15 is 0 Å². The summed E-state index contributed by atoms with van der Waals surface area (Å²) >= 11 is -2.27. The van der Waals surface area contributed by atoms with Crippen LogP contribution in [0.1, 0.15) is 5.56 Å². The molecule has 0 saturated heterocycles. The summed E-state index contributed by atoms with van der Waals surface area (Å²) in [5.74, 6) is 0. The van der Waals surface area contributed by atoms with Crippen LogP contribution in [0.3, 0.4) is 0 Å². The summed E-state index contributed by atoms with van der Waals surface area (Å²) in [5, 5.41) is 0. The van der Waals surface area contributed by atoms with Gasteiger partial charge in [0.25, 0.3) is 0 Å². The fourth-order valence-electron chi connectivity index (χ4n) is 2.02. The molecule has 2 aromatic carbocycles. The van der Waals surface area contributed by atoms with E-state index in [1.807, 2.05) is 48.5 Å². The Balaban J connectivity index is 2.19. The van der Waals surface area contributed by atoms with E-state index in [0.29, 0.717) is 0 Å². The van der Waals surface area contributed by atoms with Crippen molar-refractivity contribution < 1.29 is 27.6 Å². The molecular weight excluding hydrogens is 335 g/mol. The number of benzene rings is 2. The summed E-state index contributed by atoms with van der Waals surface area (Å²) in [4.78, 5) is 1.76. The Morgan fingerprint density at radius 1 is 0.842 bits per heavy atom. The van der Waals surface area contributed by atoms with Gasteiger partial charge in [-0.3, -0.25) is 0 Å². The van der Waals surface area contributed by atoms with Gasteiger partial charge >= 0.3 is 116 Å². The first-order valence-electron chi connectivity index (χ1n) is 5.42. The molecule has 0 spiro atoms. The van der Waals surface area contributed by atoms with Gasteiger partial charge in [0.15, 0.2) is 0 Å². The van der Waals surface area contributed by atoms with Crippen LogP contribution in [0.15, 0.2) is 48.5 Å². The first kappa shape index (κ1) is 13.0. The summed E-state index contributed by atoms with van der Waals surface area (Å²) in [6.07, 6.45) is 0. The molecule has 0 saturated carbocycles. The zero-order valence-electron chi connectivity index (χ0n) is 9.62. The van der Waals surface area contributed by atoms with Crippen LogP contribution in [0.4, 0.5) is 0 Å². The van der Waals surface area contributed by atoms with Gasteiger partial charge < -0.3 is 0 Å². The SMILES string of the molecule is [O-][Cl+3]([O-])([O-])O[Se]1=Cc2ccccc2-c2ccccc21. The van der Waals surface area contributed by atoms with Crippen molar-refractivity contribution in [2.75, 3.05) is 0 Å². The van der Waals surface area contributed by atoms with Crippen molar-refractivity contribution in [3.8, 4) is 11.1 Å². The minimum atomic E-state index is -4.41. The number of hydrogen-bond donors (Lipinski definition) is 0. The van der Waals surface area contributed by atoms with Gasteiger partial charge in [0.05, 0.1) is 0 Å². The molecule has 0 amide bonds. The van der Waals surface area contributed by atoms with E-state index in [9.17, 15) is 14.0 Å². The molecule has 3 rings (SSSR count). The Bertz CT molecular complexity index is 664. The molecule has 19 heavy (non-hydrogen) atoms. The van der Waals surface area contributed by atoms with Gasteiger partial charge in [0.1, 0.15) is 0 Å². The Morgan fingerprint density at radius 3 is 2.21 bits per heavy atom. The Labute approximate surface area is 116 Å². The van der Waals surface area contributed by atoms with Crippen molar-refractivity contribution >= 4 is 23.2 Å². The summed E-state index contributed by atoms with van der Waals surface area (Å²) in [7, 11) is -4.41. The number of rotatable bonds is 2. The second kappa shape index (κ2) is 4.81. The monoisotopic (exact) mass is 344 g/mol. The third-order valence-corrected chi connectivity index (χ3v) is 7.49. The number of hydrogen-bond acceptors (Lipinski definition) is 4. The van der Waals surface area contributed by atoms with E-state index in [4.69, 9.17) is 3.37 Å². The predicted octanol–water partition coefficient (Wildman–Crippen LogP) is -1.79. The molecule has 0 radical (unpaired) electrons. The summed E-state index contributed by atoms with van der Waals surface area (Å²) < 4.78 is 38.0. The van der Waals surface area contributed by atoms with Gasteiger partial charge in [0.2, 0.25) is 0 Å². The molecule has 0 aromatic heterocycles. The van der Waals surface area contributed by atoms with Crippen LogP contribution in [0.2, 0.25) is 0 Å². The first-order valence-corrected chi connectivity index (χ1v) is 9.20. The van der Waals surface area contributed by atoms with Gasteiger partial charge in [-0.2, -0.15) is 0 Å². The molecule has 98 valence electrons. The maximum absolute atomic E-state index is 10.8. The van der Waals surface area contributed by atoms with Gasteiger partial charge in [-0.1, -0.05) is 0 Å². The zero-order chi connectivity index (χ0) is 13.5. The summed E-state index contributed by atoms with van der Waals surface area (Å²) in [5.41, 5.74) is 2.87. The number of fused-ring (bicyclic) bond motifs is 3. The van der Waals surface area contributed by atoms with Crippen molar-refractivity contribution in [2.45, 2.75) is 0 Å². The van der Waals surface area contributed by atoms with Crippen LogP contribution in [0.5, 0.6) is 0 Å². The zero-order valence-corrected chi connectivity index (χ0v) is 12.1. The van der Waals surface area contributed by atoms with Crippen molar-refractivity contribution in [1.29, 1.82) is 0 Å². The van der Waals surface area contributed by atoms with E-state index in [-0.39, 0.29) is 0 Å². The standard InChI is InChI=1S/C13H9ClO4Se/c15-14(16,17)18-19-9-10-5-1-2-6-11(10)12-7-3-4-8-13(12)19/h1-9H.